The Kier molecular flexibility index (Phi) is 19.4. The van der Waals surface area contributed by atoms with E-state index in [0.717, 1.165) is 30.4 Å². The highest BCUT2D eigenvalue weighted by atomic mass is 16.5. The largest absolute Gasteiger partial charge is 0.368 e. The van der Waals surface area contributed by atoms with Crippen LogP contribution in [0.1, 0.15) is 111 Å². The van der Waals surface area contributed by atoms with Gasteiger partial charge in [-0.1, -0.05) is 60.8 Å². The quantitative estimate of drug-likeness (QED) is 0.0914. The van der Waals surface area contributed by atoms with Crippen molar-refractivity contribution >= 4 is 29.5 Å². The molecule has 1 heterocycles. The van der Waals surface area contributed by atoms with E-state index < -0.39 is 24.0 Å². The lowest BCUT2D eigenvalue weighted by Gasteiger charge is -2.26. The smallest absolute Gasteiger partial charge is 0.252 e. The normalized spacial score (nSPS) is 16.1. The van der Waals surface area contributed by atoms with Crippen molar-refractivity contribution in [1.29, 1.82) is 0 Å². The molecule has 0 radical (unpaired) electrons. The molecule has 0 bridgehead atoms. The molecule has 13 nitrogen and oxygen atoms in total. The maximum absolute atomic E-state index is 12.6. The molecule has 1 aromatic rings. The van der Waals surface area contributed by atoms with Gasteiger partial charge in [0, 0.05) is 42.4 Å². The number of hydrogen-bond donors (Lipinski definition) is 7. The van der Waals surface area contributed by atoms with Gasteiger partial charge in [0.25, 0.3) is 5.91 Å². The third-order valence-corrected chi connectivity index (χ3v) is 8.61. The molecule has 1 saturated carbocycles. The average Bonchev–Trinajstić information content (AvgIpc) is 3.53. The molecule has 5 amide bonds. The summed E-state index contributed by atoms with van der Waals surface area (Å²) >= 11 is 0. The van der Waals surface area contributed by atoms with Gasteiger partial charge < -0.3 is 32.3 Å². The number of pyridine rings is 1. The van der Waals surface area contributed by atoms with Crippen LogP contribution in [0.2, 0.25) is 0 Å². The molecule has 1 aliphatic carbocycles. The zero-order chi connectivity index (χ0) is 36.4. The fourth-order valence-electron chi connectivity index (χ4n) is 5.56. The Balaban J connectivity index is 0.000000544. The summed E-state index contributed by atoms with van der Waals surface area (Å²) in [5, 5.41) is 23.7. The molecule has 1 aliphatic rings. The topological polar surface area (TPSA) is 196 Å². The Hall–Kier alpha value is -3.74. The van der Waals surface area contributed by atoms with Crippen molar-refractivity contribution in [3.8, 4) is 0 Å². The molecule has 2 rings (SSSR count). The minimum Gasteiger partial charge on any atom is -0.368 e. The van der Waals surface area contributed by atoms with Crippen LogP contribution in [0, 0.1) is 23.7 Å². The number of amides is 5. The second-order valence-electron chi connectivity index (χ2n) is 13.7. The van der Waals surface area contributed by atoms with E-state index in [1.54, 1.807) is 6.92 Å². The van der Waals surface area contributed by atoms with Crippen molar-refractivity contribution in [2.45, 2.75) is 125 Å². The summed E-state index contributed by atoms with van der Waals surface area (Å²) in [5.41, 5.74) is 5.62. The van der Waals surface area contributed by atoms with Crippen LogP contribution in [0.15, 0.2) is 24.5 Å². The lowest BCUT2D eigenvalue weighted by molar-refractivity contribution is -0.904. The first-order valence-electron chi connectivity index (χ1n) is 17.5. The first-order valence-corrected chi connectivity index (χ1v) is 17.5. The Morgan fingerprint density at radius 3 is 2.00 bits per heavy atom. The van der Waals surface area contributed by atoms with Crippen molar-refractivity contribution in [1.82, 2.24) is 26.6 Å². The second kappa shape index (κ2) is 22.0. The van der Waals surface area contributed by atoms with Crippen LogP contribution < -0.4 is 37.0 Å². The van der Waals surface area contributed by atoms with E-state index in [2.05, 4.69) is 40.4 Å². The fourth-order valence-corrected chi connectivity index (χ4v) is 5.56. The Labute approximate surface area is 286 Å². The van der Waals surface area contributed by atoms with Gasteiger partial charge in [-0.2, -0.15) is 0 Å². The van der Waals surface area contributed by atoms with Gasteiger partial charge in [0.1, 0.15) is 12.1 Å². The number of aromatic nitrogens is 1. The van der Waals surface area contributed by atoms with Crippen molar-refractivity contribution in [2.75, 3.05) is 13.1 Å². The molecule has 8 N–H and O–H groups in total. The number of likely N-dealkylation sites (N-methyl/N-ethyl adjacent to an activating group) is 1. The molecular weight excluding hydrogens is 614 g/mol. The monoisotopic (exact) mass is 676 g/mol. The van der Waals surface area contributed by atoms with E-state index in [4.69, 9.17) is 10.9 Å². The summed E-state index contributed by atoms with van der Waals surface area (Å²) in [6.07, 6.45) is 9.62. The van der Waals surface area contributed by atoms with Crippen LogP contribution in [-0.2, 0) is 19.2 Å². The Morgan fingerprint density at radius 1 is 0.896 bits per heavy atom. The predicted octanol–water partition coefficient (Wildman–Crippen LogP) is 2.19. The van der Waals surface area contributed by atoms with E-state index in [0.29, 0.717) is 36.9 Å². The van der Waals surface area contributed by atoms with E-state index in [-0.39, 0.29) is 41.5 Å². The fraction of sp³-hybridized carbons (Fsp3) is 0.714. The number of nitrogens with zero attached hydrogens (tertiary/aromatic N) is 1. The van der Waals surface area contributed by atoms with Crippen molar-refractivity contribution < 1.29 is 33.9 Å². The minimum atomic E-state index is -0.691. The van der Waals surface area contributed by atoms with Crippen LogP contribution in [0.4, 0.5) is 0 Å². The average molecular weight is 677 g/mol. The first-order chi connectivity index (χ1) is 22.6. The van der Waals surface area contributed by atoms with Crippen LogP contribution >= 0.6 is 0 Å². The molecule has 0 aromatic carbocycles. The van der Waals surface area contributed by atoms with Gasteiger partial charge in [-0.3, -0.25) is 29.2 Å². The molecule has 0 saturated heterocycles. The summed E-state index contributed by atoms with van der Waals surface area (Å²) in [6, 6.07) is 1.18. The highest BCUT2D eigenvalue weighted by molar-refractivity contribution is 5.97. The lowest BCUT2D eigenvalue weighted by atomic mass is 9.98. The third-order valence-electron chi connectivity index (χ3n) is 8.61. The molecule has 5 atom stereocenters. The Bertz CT molecular complexity index is 1150. The number of carbonyl (C=O) groups excluding carboxylic acids is 5. The number of primary amides is 1. The molecule has 0 aliphatic heterocycles. The molecule has 1 aromatic heterocycles. The van der Waals surface area contributed by atoms with Gasteiger partial charge in [0.05, 0.1) is 11.6 Å². The van der Waals surface area contributed by atoms with Crippen molar-refractivity contribution in [3.63, 3.8) is 0 Å². The summed E-state index contributed by atoms with van der Waals surface area (Å²) in [6.45, 7) is 16.6. The van der Waals surface area contributed by atoms with Gasteiger partial charge in [-0.05, 0) is 56.8 Å². The standard InChI is InChI=1S/C23H44N4O3.C12H17N3O3/c1-7-24-23(30)21(16(4)5)27-22(29)17(6)25-14-19(12-15(2)3)26-20(28)13-18-10-8-9-11-18;1-3-8(2)10(11(13)16)14-12(17)9-4-6-15(18)7-5-9/h15-19,21,25H,7-14H2,1-6H3,(H,24,30)(H,26,28)(H,27,29);4-8,10H,3H2,1-2H3,(H3-,13,14,16,17,18)/p+1/t17-,19?,21?;/m0./s1. The van der Waals surface area contributed by atoms with E-state index in [9.17, 15) is 24.0 Å². The highest BCUT2D eigenvalue weighted by Crippen LogP contribution is 2.27. The number of nitrogens with one attached hydrogen (secondary N) is 5. The molecule has 4 unspecified atom stereocenters. The molecule has 0 spiro atoms. The van der Waals surface area contributed by atoms with Gasteiger partial charge in [0.15, 0.2) is 0 Å². The molecule has 1 fully saturated rings. The van der Waals surface area contributed by atoms with Crippen LogP contribution in [0.25, 0.3) is 0 Å². The molecular formula is C35H62N7O6+. The zero-order valence-electron chi connectivity index (χ0n) is 30.3. The maximum Gasteiger partial charge on any atom is 0.252 e. The van der Waals surface area contributed by atoms with Gasteiger partial charge in [-0.15, -0.1) is 0 Å². The van der Waals surface area contributed by atoms with Gasteiger partial charge in [-0.25, -0.2) is 0 Å². The predicted molar refractivity (Wildman–Crippen MR) is 185 cm³/mol. The third kappa shape index (κ3) is 15.9. The van der Waals surface area contributed by atoms with E-state index >= 15 is 0 Å². The molecule has 13 heteroatoms. The van der Waals surface area contributed by atoms with Crippen LogP contribution in [0.3, 0.4) is 0 Å². The number of nitrogens with two attached hydrogens (primary N) is 1. The van der Waals surface area contributed by atoms with Crippen molar-refractivity contribution in [2.24, 2.45) is 29.4 Å². The van der Waals surface area contributed by atoms with E-state index in [1.807, 2.05) is 34.6 Å². The zero-order valence-corrected chi connectivity index (χ0v) is 30.3. The number of carbonyl (C=O) groups is 5. The highest BCUT2D eigenvalue weighted by Gasteiger charge is 2.27. The van der Waals surface area contributed by atoms with Crippen molar-refractivity contribution in [3.05, 3.63) is 30.1 Å². The SMILES string of the molecule is CCC(C)C(NC(=O)c1cc[n+](O)cc1)C(N)=O.CCNC(=O)C(NC(=O)[C@H](C)NCC(CC(C)C)NC(=O)CC1CCCC1)C(C)C. The van der Waals surface area contributed by atoms with Gasteiger partial charge in [0.2, 0.25) is 36.0 Å². The van der Waals surface area contributed by atoms with Gasteiger partial charge >= 0.3 is 0 Å². The summed E-state index contributed by atoms with van der Waals surface area (Å²) in [5.74, 6) is -0.270. The maximum atomic E-state index is 12.6. The summed E-state index contributed by atoms with van der Waals surface area (Å²) in [4.78, 5) is 60.4. The lowest BCUT2D eigenvalue weighted by Crippen LogP contribution is -2.55. The van der Waals surface area contributed by atoms with Crippen LogP contribution in [0.5, 0.6) is 0 Å². The summed E-state index contributed by atoms with van der Waals surface area (Å²) in [7, 11) is 0. The second-order valence-corrected chi connectivity index (χ2v) is 13.7. The minimum absolute atomic E-state index is 0.00346. The number of hydrogen-bond acceptors (Lipinski definition) is 7. The number of rotatable bonds is 18. The van der Waals surface area contributed by atoms with Crippen LogP contribution in [-0.4, -0.2) is 72.0 Å². The summed E-state index contributed by atoms with van der Waals surface area (Å²) < 4.78 is 0.830. The first kappa shape index (κ1) is 42.3. The Morgan fingerprint density at radius 2 is 1.50 bits per heavy atom. The molecule has 48 heavy (non-hydrogen) atoms. The van der Waals surface area contributed by atoms with E-state index in [1.165, 1.54) is 37.4 Å². The molecule has 272 valence electrons.